The first-order valence-electron chi connectivity index (χ1n) is 1.86. The van der Waals surface area contributed by atoms with Crippen LogP contribution in [0.25, 0.3) is 0 Å². The van der Waals surface area contributed by atoms with E-state index in [0.717, 1.165) is 0 Å². The maximum absolute atomic E-state index is 10.3. The van der Waals surface area contributed by atoms with Crippen LogP contribution in [-0.4, -0.2) is 14.2 Å². The lowest BCUT2D eigenvalue weighted by Gasteiger charge is -1.86. The molecule has 0 unspecified atom stereocenters. The summed E-state index contributed by atoms with van der Waals surface area (Å²) < 4.78 is 22.7. The van der Waals surface area contributed by atoms with E-state index in [4.69, 9.17) is 0 Å². The van der Waals surface area contributed by atoms with Gasteiger partial charge in [0, 0.05) is 6.20 Å². The fraction of sp³-hybridized carbons (Fsp3) is 0.333. The molecule has 1 aliphatic heterocycles. The predicted octanol–water partition coefficient (Wildman–Crippen LogP) is -0.567. The molecule has 0 saturated heterocycles. The molecule has 0 atom stereocenters. The first kappa shape index (κ1) is 4.64. The minimum Gasteiger partial charge on any atom is -0.290 e. The molecule has 1 N–H and O–H groups in total. The van der Waals surface area contributed by atoms with Gasteiger partial charge in [-0.05, 0) is 0 Å². The van der Waals surface area contributed by atoms with E-state index < -0.39 is 10.0 Å². The van der Waals surface area contributed by atoms with Gasteiger partial charge >= 0.3 is 0 Å². The molecule has 0 aromatic heterocycles. The highest BCUT2D eigenvalue weighted by Gasteiger charge is 2.07. The molecule has 0 radical (unpaired) electrons. The molecular formula is C3H5NO2S. The van der Waals surface area contributed by atoms with Gasteiger partial charge in [0.15, 0.2) is 0 Å². The van der Waals surface area contributed by atoms with Crippen molar-refractivity contribution in [3.8, 4) is 0 Å². The maximum Gasteiger partial charge on any atom is 0.235 e. The van der Waals surface area contributed by atoms with Crippen LogP contribution in [0.5, 0.6) is 0 Å². The van der Waals surface area contributed by atoms with Crippen LogP contribution >= 0.6 is 0 Å². The van der Waals surface area contributed by atoms with Crippen molar-refractivity contribution in [1.82, 2.24) is 4.72 Å². The first-order chi connectivity index (χ1) is 3.21. The van der Waals surface area contributed by atoms with Gasteiger partial charge in [0.05, 0.1) is 5.75 Å². The highest BCUT2D eigenvalue weighted by molar-refractivity contribution is 7.89. The molecule has 3 nitrogen and oxygen atoms in total. The Balaban J connectivity index is 2.88. The van der Waals surface area contributed by atoms with Gasteiger partial charge in [-0.25, -0.2) is 8.42 Å². The van der Waals surface area contributed by atoms with Crippen molar-refractivity contribution in [2.24, 2.45) is 0 Å². The summed E-state index contributed by atoms with van der Waals surface area (Å²) >= 11 is 0. The van der Waals surface area contributed by atoms with E-state index in [0.29, 0.717) is 0 Å². The highest BCUT2D eigenvalue weighted by Crippen LogP contribution is 1.91. The summed E-state index contributed by atoms with van der Waals surface area (Å²) in [4.78, 5) is 0. The number of rotatable bonds is 0. The highest BCUT2D eigenvalue weighted by atomic mass is 32.2. The van der Waals surface area contributed by atoms with Crippen LogP contribution in [0.4, 0.5) is 0 Å². The van der Waals surface area contributed by atoms with Crippen molar-refractivity contribution in [3.05, 3.63) is 12.3 Å². The van der Waals surface area contributed by atoms with Gasteiger partial charge in [-0.3, -0.25) is 4.72 Å². The summed E-state index contributed by atoms with van der Waals surface area (Å²) in [6, 6.07) is 0. The number of hydrogen-bond acceptors (Lipinski definition) is 2. The quantitative estimate of drug-likeness (QED) is 0.464. The zero-order valence-electron chi connectivity index (χ0n) is 3.59. The van der Waals surface area contributed by atoms with E-state index in [1.54, 1.807) is 6.08 Å². The summed E-state index contributed by atoms with van der Waals surface area (Å²) in [5, 5.41) is 0. The van der Waals surface area contributed by atoms with Gasteiger partial charge in [-0.2, -0.15) is 0 Å². The summed E-state index contributed by atoms with van der Waals surface area (Å²) in [5.41, 5.74) is 0. The Kier molecular flexibility index (Phi) is 0.815. The smallest absolute Gasteiger partial charge is 0.235 e. The average Bonchev–Trinajstić information content (AvgIpc) is 1.84. The van der Waals surface area contributed by atoms with E-state index >= 15 is 0 Å². The molecule has 4 heteroatoms. The minimum atomic E-state index is -2.91. The Morgan fingerprint density at radius 3 is 2.43 bits per heavy atom. The Morgan fingerprint density at radius 1 is 1.57 bits per heavy atom. The van der Waals surface area contributed by atoms with Gasteiger partial charge in [-0.15, -0.1) is 0 Å². The second-order valence-corrected chi connectivity index (χ2v) is 3.10. The third-order valence-corrected chi connectivity index (χ3v) is 1.81. The van der Waals surface area contributed by atoms with E-state index in [9.17, 15) is 8.42 Å². The van der Waals surface area contributed by atoms with Crippen molar-refractivity contribution in [2.45, 2.75) is 0 Å². The van der Waals surface area contributed by atoms with Crippen LogP contribution in [0.2, 0.25) is 0 Å². The van der Waals surface area contributed by atoms with E-state index in [-0.39, 0.29) is 5.75 Å². The lowest BCUT2D eigenvalue weighted by molar-refractivity contribution is 0.596. The van der Waals surface area contributed by atoms with Gasteiger partial charge in [0.25, 0.3) is 0 Å². The minimum absolute atomic E-state index is 0.132. The first-order valence-corrected chi connectivity index (χ1v) is 3.51. The molecule has 7 heavy (non-hydrogen) atoms. The molecule has 0 aromatic carbocycles. The van der Waals surface area contributed by atoms with Crippen molar-refractivity contribution < 1.29 is 8.42 Å². The lowest BCUT2D eigenvalue weighted by Crippen LogP contribution is -2.13. The Labute approximate surface area is 42.1 Å². The summed E-state index contributed by atoms with van der Waals surface area (Å²) in [6.07, 6.45) is 2.99. The standard InChI is InChI=1S/C3H5NO2S/c5-7(6)3-1-2-4-7/h1-2,4H,3H2. The molecule has 0 aliphatic carbocycles. The van der Waals surface area contributed by atoms with E-state index in [1.807, 2.05) is 0 Å². The average molecular weight is 119 g/mol. The van der Waals surface area contributed by atoms with E-state index in [1.165, 1.54) is 6.20 Å². The lowest BCUT2D eigenvalue weighted by atomic mass is 10.7. The van der Waals surface area contributed by atoms with Crippen LogP contribution in [0.15, 0.2) is 12.3 Å². The van der Waals surface area contributed by atoms with Crippen molar-refractivity contribution >= 4 is 10.0 Å². The molecule has 0 aromatic rings. The Bertz CT molecular complexity index is 165. The molecule has 0 amide bonds. The van der Waals surface area contributed by atoms with Gasteiger partial charge in [-0.1, -0.05) is 6.08 Å². The van der Waals surface area contributed by atoms with Crippen LogP contribution in [0.1, 0.15) is 0 Å². The Morgan fingerprint density at radius 2 is 2.29 bits per heavy atom. The SMILES string of the molecule is O=S1(=O)CC=CN1. The van der Waals surface area contributed by atoms with Gasteiger partial charge in [0.2, 0.25) is 10.0 Å². The van der Waals surface area contributed by atoms with Crippen LogP contribution in [0, 0.1) is 0 Å². The normalized spacial score (nSPS) is 24.6. The fourth-order valence-corrected chi connectivity index (χ4v) is 1.12. The zero-order valence-corrected chi connectivity index (χ0v) is 4.40. The zero-order chi connectivity index (χ0) is 5.33. The van der Waals surface area contributed by atoms with Crippen molar-refractivity contribution in [1.29, 1.82) is 0 Å². The molecule has 1 heterocycles. The van der Waals surface area contributed by atoms with Crippen LogP contribution in [-0.2, 0) is 10.0 Å². The molecule has 0 bridgehead atoms. The van der Waals surface area contributed by atoms with E-state index in [2.05, 4.69) is 4.72 Å². The summed E-state index contributed by atoms with van der Waals surface area (Å²) in [6.45, 7) is 0. The van der Waals surface area contributed by atoms with Gasteiger partial charge < -0.3 is 0 Å². The second-order valence-electron chi connectivity index (χ2n) is 1.30. The van der Waals surface area contributed by atoms with Crippen LogP contribution in [0.3, 0.4) is 0 Å². The Hall–Kier alpha value is -0.510. The van der Waals surface area contributed by atoms with Crippen molar-refractivity contribution in [2.75, 3.05) is 5.75 Å². The molecular weight excluding hydrogens is 114 g/mol. The number of hydrogen-bond donors (Lipinski definition) is 1. The number of sulfonamides is 1. The predicted molar refractivity (Wildman–Crippen MR) is 26.1 cm³/mol. The summed E-state index contributed by atoms with van der Waals surface area (Å²) in [7, 11) is -2.91. The maximum atomic E-state index is 10.3. The molecule has 0 saturated carbocycles. The van der Waals surface area contributed by atoms with Crippen LogP contribution < -0.4 is 4.72 Å². The molecule has 1 aliphatic rings. The third kappa shape index (κ3) is 0.928. The van der Waals surface area contributed by atoms with Crippen molar-refractivity contribution in [3.63, 3.8) is 0 Å². The van der Waals surface area contributed by atoms with Gasteiger partial charge in [0.1, 0.15) is 0 Å². The topological polar surface area (TPSA) is 46.2 Å². The monoisotopic (exact) mass is 119 g/mol. The largest absolute Gasteiger partial charge is 0.290 e. The second kappa shape index (κ2) is 1.23. The molecule has 0 spiro atoms. The fourth-order valence-electron chi connectivity index (χ4n) is 0.375. The molecule has 1 rings (SSSR count). The molecule has 40 valence electrons. The third-order valence-electron chi connectivity index (χ3n) is 0.681. The number of nitrogens with one attached hydrogen (secondary N) is 1. The summed E-state index contributed by atoms with van der Waals surface area (Å²) in [5.74, 6) is 0.132. The molecule has 0 fully saturated rings.